The standard InChI is InChI=1S/C8H14NO2/c1-7-5-3-4-6-9(7)8(10)11-2/h6-7H,3-5H2,1-2H3/q+1. The summed E-state index contributed by atoms with van der Waals surface area (Å²) in [6, 6.07) is 0.302. The van der Waals surface area contributed by atoms with Crippen LogP contribution in [0, 0.1) is 0 Å². The lowest BCUT2D eigenvalue weighted by Gasteiger charge is -2.11. The Bertz CT molecular complexity index is 187. The van der Waals surface area contributed by atoms with E-state index in [9.17, 15) is 4.79 Å². The molecule has 0 aliphatic carbocycles. The molecular formula is C8H14NO2+. The Morgan fingerprint density at radius 1 is 1.73 bits per heavy atom. The van der Waals surface area contributed by atoms with E-state index < -0.39 is 0 Å². The summed E-state index contributed by atoms with van der Waals surface area (Å²) in [4.78, 5) is 11.0. The number of hydrogen-bond donors (Lipinski definition) is 0. The molecule has 0 bridgehead atoms. The fraction of sp³-hybridized carbons (Fsp3) is 0.750. The van der Waals surface area contributed by atoms with E-state index in [2.05, 4.69) is 4.74 Å². The third kappa shape index (κ3) is 1.79. The average Bonchev–Trinajstić information content (AvgIpc) is 2.04. The highest BCUT2D eigenvalue weighted by Gasteiger charge is 2.27. The van der Waals surface area contributed by atoms with E-state index in [4.69, 9.17) is 0 Å². The Morgan fingerprint density at radius 2 is 2.45 bits per heavy atom. The first-order chi connectivity index (χ1) is 5.25. The van der Waals surface area contributed by atoms with Crippen molar-refractivity contribution in [2.45, 2.75) is 32.2 Å². The highest BCUT2D eigenvalue weighted by Crippen LogP contribution is 2.09. The Kier molecular flexibility index (Phi) is 2.63. The summed E-state index contributed by atoms with van der Waals surface area (Å²) in [6.07, 6.45) is 4.91. The van der Waals surface area contributed by atoms with Crippen LogP contribution in [0.5, 0.6) is 0 Å². The summed E-state index contributed by atoms with van der Waals surface area (Å²) in [5.74, 6) is 0. The molecule has 1 aliphatic heterocycles. The molecule has 0 saturated heterocycles. The van der Waals surface area contributed by atoms with E-state index in [-0.39, 0.29) is 6.09 Å². The van der Waals surface area contributed by atoms with Crippen molar-refractivity contribution in [3.8, 4) is 0 Å². The number of ether oxygens (including phenoxy) is 1. The largest absolute Gasteiger partial charge is 0.596 e. The molecule has 3 heteroatoms. The maximum atomic E-state index is 11.0. The summed E-state index contributed by atoms with van der Waals surface area (Å²) >= 11 is 0. The van der Waals surface area contributed by atoms with Gasteiger partial charge in [0.15, 0.2) is 12.3 Å². The molecule has 0 spiro atoms. The molecule has 0 aromatic carbocycles. The lowest BCUT2D eigenvalue weighted by Crippen LogP contribution is -2.33. The van der Waals surface area contributed by atoms with Crippen LogP contribution in [0.2, 0.25) is 0 Å². The van der Waals surface area contributed by atoms with E-state index in [1.807, 2.05) is 13.1 Å². The molecule has 3 nitrogen and oxygen atoms in total. The van der Waals surface area contributed by atoms with Crippen LogP contribution in [-0.4, -0.2) is 30.0 Å². The maximum absolute atomic E-state index is 11.0. The zero-order chi connectivity index (χ0) is 8.27. The van der Waals surface area contributed by atoms with Crippen molar-refractivity contribution in [2.75, 3.05) is 7.11 Å². The molecule has 1 atom stereocenters. The molecule has 0 fully saturated rings. The summed E-state index contributed by atoms with van der Waals surface area (Å²) in [6.45, 7) is 2.03. The smallest absolute Gasteiger partial charge is 0.415 e. The molecule has 62 valence electrons. The van der Waals surface area contributed by atoms with Gasteiger partial charge < -0.3 is 4.74 Å². The summed E-state index contributed by atoms with van der Waals surface area (Å²) in [5.41, 5.74) is 0. The van der Waals surface area contributed by atoms with Gasteiger partial charge in [-0.1, -0.05) is 0 Å². The molecule has 1 aliphatic rings. The minimum absolute atomic E-state index is 0.239. The Morgan fingerprint density at radius 3 is 3.00 bits per heavy atom. The second-order valence-corrected chi connectivity index (χ2v) is 2.84. The predicted molar refractivity (Wildman–Crippen MR) is 42.0 cm³/mol. The van der Waals surface area contributed by atoms with Crippen molar-refractivity contribution in [3.63, 3.8) is 0 Å². The third-order valence-electron chi connectivity index (χ3n) is 2.01. The van der Waals surface area contributed by atoms with Crippen molar-refractivity contribution >= 4 is 12.3 Å². The topological polar surface area (TPSA) is 29.3 Å². The molecule has 0 N–H and O–H groups in total. The van der Waals surface area contributed by atoms with E-state index in [0.29, 0.717) is 6.04 Å². The van der Waals surface area contributed by atoms with Gasteiger partial charge >= 0.3 is 6.09 Å². The van der Waals surface area contributed by atoms with Gasteiger partial charge in [0.1, 0.15) is 0 Å². The van der Waals surface area contributed by atoms with Crippen molar-refractivity contribution in [2.24, 2.45) is 0 Å². The van der Waals surface area contributed by atoms with Crippen LogP contribution in [-0.2, 0) is 4.74 Å². The first-order valence-corrected chi connectivity index (χ1v) is 3.95. The highest BCUT2D eigenvalue weighted by molar-refractivity contribution is 5.66. The van der Waals surface area contributed by atoms with Crippen LogP contribution in [0.4, 0.5) is 4.79 Å². The second-order valence-electron chi connectivity index (χ2n) is 2.84. The molecule has 0 aromatic rings. The maximum Gasteiger partial charge on any atom is 0.596 e. The van der Waals surface area contributed by atoms with Gasteiger partial charge in [-0.15, -0.1) is 4.58 Å². The SMILES string of the molecule is COC(=O)[N+]1=CCCCC1C. The van der Waals surface area contributed by atoms with Gasteiger partial charge in [0.05, 0.1) is 7.11 Å². The minimum atomic E-state index is -0.239. The van der Waals surface area contributed by atoms with E-state index in [1.165, 1.54) is 13.5 Å². The fourth-order valence-corrected chi connectivity index (χ4v) is 1.32. The summed E-state index contributed by atoms with van der Waals surface area (Å²) in [7, 11) is 1.41. The molecule has 0 radical (unpaired) electrons. The molecule has 1 amide bonds. The number of carbonyl (C=O) groups excluding carboxylic acids is 1. The van der Waals surface area contributed by atoms with Gasteiger partial charge in [-0.05, 0) is 13.3 Å². The molecule has 1 heterocycles. The number of carbonyl (C=O) groups is 1. The quantitative estimate of drug-likeness (QED) is 0.496. The molecule has 1 unspecified atom stereocenters. The van der Waals surface area contributed by atoms with Crippen LogP contribution in [0.15, 0.2) is 0 Å². The van der Waals surface area contributed by atoms with Gasteiger partial charge in [-0.3, -0.25) is 0 Å². The van der Waals surface area contributed by atoms with Crippen molar-refractivity contribution in [1.82, 2.24) is 0 Å². The van der Waals surface area contributed by atoms with Crippen LogP contribution in [0.25, 0.3) is 0 Å². The number of methoxy groups -OCH3 is 1. The molecule has 1 rings (SSSR count). The van der Waals surface area contributed by atoms with E-state index in [1.54, 1.807) is 4.58 Å². The first-order valence-electron chi connectivity index (χ1n) is 3.95. The lowest BCUT2D eigenvalue weighted by molar-refractivity contribution is -0.484. The minimum Gasteiger partial charge on any atom is -0.415 e. The first kappa shape index (κ1) is 8.24. The molecule has 11 heavy (non-hydrogen) atoms. The Hall–Kier alpha value is -0.860. The van der Waals surface area contributed by atoms with Gasteiger partial charge in [0, 0.05) is 12.8 Å². The van der Waals surface area contributed by atoms with Crippen LogP contribution >= 0.6 is 0 Å². The zero-order valence-corrected chi connectivity index (χ0v) is 7.04. The van der Waals surface area contributed by atoms with Crippen molar-refractivity contribution < 1.29 is 14.1 Å². The monoisotopic (exact) mass is 156 g/mol. The van der Waals surface area contributed by atoms with Crippen molar-refractivity contribution in [3.05, 3.63) is 0 Å². The fourth-order valence-electron chi connectivity index (χ4n) is 1.32. The van der Waals surface area contributed by atoms with E-state index in [0.717, 1.165) is 12.8 Å². The molecule has 0 saturated carbocycles. The second kappa shape index (κ2) is 3.51. The Balaban J connectivity index is 2.67. The summed E-state index contributed by atoms with van der Waals surface area (Å²) < 4.78 is 6.29. The predicted octanol–water partition coefficient (Wildman–Crippen LogP) is 1.41. The van der Waals surface area contributed by atoms with Gasteiger partial charge in [0.2, 0.25) is 0 Å². The number of rotatable bonds is 0. The van der Waals surface area contributed by atoms with Crippen molar-refractivity contribution in [1.29, 1.82) is 0 Å². The normalized spacial score (nSPS) is 24.2. The number of amides is 1. The van der Waals surface area contributed by atoms with Crippen LogP contribution in [0.1, 0.15) is 26.2 Å². The van der Waals surface area contributed by atoms with E-state index >= 15 is 0 Å². The number of nitrogens with zero attached hydrogens (tertiary/aromatic N) is 1. The average molecular weight is 156 g/mol. The van der Waals surface area contributed by atoms with Crippen LogP contribution in [0.3, 0.4) is 0 Å². The summed E-state index contributed by atoms with van der Waals surface area (Å²) in [5, 5.41) is 0. The zero-order valence-electron chi connectivity index (χ0n) is 7.04. The van der Waals surface area contributed by atoms with Gasteiger partial charge in [-0.2, -0.15) is 4.79 Å². The highest BCUT2D eigenvalue weighted by atomic mass is 16.5. The Labute approximate surface area is 66.7 Å². The lowest BCUT2D eigenvalue weighted by atomic mass is 10.1. The third-order valence-corrected chi connectivity index (χ3v) is 2.01. The number of hydrogen-bond acceptors (Lipinski definition) is 2. The molecule has 0 aromatic heterocycles. The van der Waals surface area contributed by atoms with Gasteiger partial charge in [-0.25, -0.2) is 0 Å². The van der Waals surface area contributed by atoms with Crippen LogP contribution < -0.4 is 0 Å². The molecular weight excluding hydrogens is 142 g/mol. The van der Waals surface area contributed by atoms with Gasteiger partial charge in [0.25, 0.3) is 0 Å².